The molecule has 1 saturated carbocycles. The molecule has 0 saturated heterocycles. The lowest BCUT2D eigenvalue weighted by atomic mass is 9.79. The molecule has 0 spiro atoms. The lowest BCUT2D eigenvalue weighted by molar-refractivity contribution is 0.255. The number of hydrogen-bond acceptors (Lipinski definition) is 3. The minimum atomic E-state index is 0.169. The lowest BCUT2D eigenvalue weighted by Crippen LogP contribution is -2.25. The molecule has 1 unspecified atom stereocenters. The first-order valence-electron chi connectivity index (χ1n) is 6.09. The van der Waals surface area contributed by atoms with Gasteiger partial charge in [-0.15, -0.1) is 11.3 Å². The number of methoxy groups -OCH3 is 1. The Morgan fingerprint density at radius 1 is 1.38 bits per heavy atom. The molecule has 1 aromatic heterocycles. The van der Waals surface area contributed by atoms with Gasteiger partial charge in [-0.05, 0) is 36.1 Å². The summed E-state index contributed by atoms with van der Waals surface area (Å²) < 4.78 is 5.35. The molecule has 2 N–H and O–H groups in total. The first kappa shape index (κ1) is 11.9. The zero-order valence-electron chi connectivity index (χ0n) is 10.1. The summed E-state index contributed by atoms with van der Waals surface area (Å²) in [5, 5.41) is 2.07. The molecule has 0 radical (unpaired) electrons. The zero-order chi connectivity index (χ0) is 11.5. The minimum absolute atomic E-state index is 0.169. The van der Waals surface area contributed by atoms with E-state index in [1.165, 1.54) is 30.6 Å². The van der Waals surface area contributed by atoms with E-state index in [-0.39, 0.29) is 6.04 Å². The molecule has 0 aliphatic heterocycles. The summed E-state index contributed by atoms with van der Waals surface area (Å²) in [6, 6.07) is 2.19. The van der Waals surface area contributed by atoms with Crippen molar-refractivity contribution in [3.8, 4) is 5.75 Å². The Morgan fingerprint density at radius 3 is 2.69 bits per heavy atom. The number of hydrogen-bond donors (Lipinski definition) is 1. The van der Waals surface area contributed by atoms with Gasteiger partial charge >= 0.3 is 0 Å². The molecule has 0 aromatic carbocycles. The summed E-state index contributed by atoms with van der Waals surface area (Å²) in [5.74, 6) is 2.49. The highest BCUT2D eigenvalue weighted by Crippen LogP contribution is 2.40. The highest BCUT2D eigenvalue weighted by molar-refractivity contribution is 7.10. The second-order valence-corrected chi connectivity index (χ2v) is 5.85. The Kier molecular flexibility index (Phi) is 3.87. The third-order valence-electron chi connectivity index (χ3n) is 3.75. The Labute approximate surface area is 102 Å². The highest BCUT2D eigenvalue weighted by atomic mass is 32.1. The van der Waals surface area contributed by atoms with Gasteiger partial charge in [-0.25, -0.2) is 0 Å². The van der Waals surface area contributed by atoms with Gasteiger partial charge in [-0.3, -0.25) is 0 Å². The average molecular weight is 239 g/mol. The second-order valence-electron chi connectivity index (χ2n) is 4.90. The van der Waals surface area contributed by atoms with E-state index in [0.29, 0.717) is 5.92 Å². The summed E-state index contributed by atoms with van der Waals surface area (Å²) in [7, 11) is 1.72. The Hall–Kier alpha value is -0.540. The van der Waals surface area contributed by atoms with Gasteiger partial charge in [0.2, 0.25) is 0 Å². The van der Waals surface area contributed by atoms with Crippen LogP contribution in [0.5, 0.6) is 5.75 Å². The molecule has 1 heterocycles. The van der Waals surface area contributed by atoms with Crippen molar-refractivity contribution < 1.29 is 4.74 Å². The van der Waals surface area contributed by atoms with Crippen LogP contribution in [-0.4, -0.2) is 7.11 Å². The van der Waals surface area contributed by atoms with Crippen molar-refractivity contribution in [2.75, 3.05) is 7.11 Å². The normalized spacial score (nSPS) is 27.7. The maximum atomic E-state index is 6.37. The molecule has 16 heavy (non-hydrogen) atoms. The largest absolute Gasteiger partial charge is 0.496 e. The van der Waals surface area contributed by atoms with Crippen molar-refractivity contribution in [3.05, 3.63) is 16.3 Å². The summed E-state index contributed by atoms with van der Waals surface area (Å²) in [5.41, 5.74) is 6.37. The molecule has 2 rings (SSSR count). The minimum Gasteiger partial charge on any atom is -0.496 e. The van der Waals surface area contributed by atoms with Crippen LogP contribution >= 0.6 is 11.3 Å². The average Bonchev–Trinajstić information content (AvgIpc) is 2.77. The zero-order valence-corrected chi connectivity index (χ0v) is 10.9. The molecule has 3 heteroatoms. The standard InChI is InChI=1S/C13H21NOS/c1-9-3-5-10(6-4-9)12(14)13-11(15-2)7-8-16-13/h7-10,12H,3-6,14H2,1-2H3. The van der Waals surface area contributed by atoms with Crippen LogP contribution in [0.2, 0.25) is 0 Å². The van der Waals surface area contributed by atoms with E-state index in [1.807, 2.05) is 6.07 Å². The number of rotatable bonds is 3. The van der Waals surface area contributed by atoms with Gasteiger partial charge in [-0.1, -0.05) is 19.8 Å². The summed E-state index contributed by atoms with van der Waals surface area (Å²) in [6.45, 7) is 2.34. The van der Waals surface area contributed by atoms with Crippen LogP contribution in [0.3, 0.4) is 0 Å². The van der Waals surface area contributed by atoms with Crippen LogP contribution in [0.25, 0.3) is 0 Å². The summed E-state index contributed by atoms with van der Waals surface area (Å²) in [6.07, 6.45) is 5.19. The van der Waals surface area contributed by atoms with Crippen molar-refractivity contribution in [2.24, 2.45) is 17.6 Å². The predicted molar refractivity (Wildman–Crippen MR) is 68.9 cm³/mol. The van der Waals surface area contributed by atoms with Gasteiger partial charge in [-0.2, -0.15) is 0 Å². The van der Waals surface area contributed by atoms with Crippen LogP contribution < -0.4 is 10.5 Å². The SMILES string of the molecule is COc1ccsc1C(N)C1CCC(C)CC1. The fourth-order valence-electron chi connectivity index (χ4n) is 2.58. The predicted octanol–water partition coefficient (Wildman–Crippen LogP) is 3.58. The number of ether oxygens (including phenoxy) is 1. The monoisotopic (exact) mass is 239 g/mol. The summed E-state index contributed by atoms with van der Waals surface area (Å²) in [4.78, 5) is 1.22. The summed E-state index contributed by atoms with van der Waals surface area (Å²) >= 11 is 1.73. The van der Waals surface area contributed by atoms with Crippen molar-refractivity contribution in [1.29, 1.82) is 0 Å². The second kappa shape index (κ2) is 5.19. The molecule has 1 fully saturated rings. The Balaban J connectivity index is 2.04. The van der Waals surface area contributed by atoms with Crippen molar-refractivity contribution >= 4 is 11.3 Å². The molecule has 0 amide bonds. The lowest BCUT2D eigenvalue weighted by Gasteiger charge is -2.30. The van der Waals surface area contributed by atoms with E-state index in [0.717, 1.165) is 11.7 Å². The van der Waals surface area contributed by atoms with E-state index in [9.17, 15) is 0 Å². The van der Waals surface area contributed by atoms with E-state index < -0.39 is 0 Å². The maximum Gasteiger partial charge on any atom is 0.134 e. The van der Waals surface area contributed by atoms with Gasteiger partial charge in [0.15, 0.2) is 0 Å². The van der Waals surface area contributed by atoms with Crippen molar-refractivity contribution in [2.45, 2.75) is 38.6 Å². The van der Waals surface area contributed by atoms with Gasteiger partial charge in [0.1, 0.15) is 5.75 Å². The Bertz CT molecular complexity index is 328. The van der Waals surface area contributed by atoms with Crippen LogP contribution in [0.4, 0.5) is 0 Å². The quantitative estimate of drug-likeness (QED) is 0.875. The van der Waals surface area contributed by atoms with Crippen molar-refractivity contribution in [1.82, 2.24) is 0 Å². The van der Waals surface area contributed by atoms with Crippen LogP contribution in [0, 0.1) is 11.8 Å². The number of thiophene rings is 1. The molecule has 1 aliphatic rings. The van der Waals surface area contributed by atoms with Crippen LogP contribution in [0.1, 0.15) is 43.5 Å². The first-order chi connectivity index (χ1) is 7.72. The van der Waals surface area contributed by atoms with Crippen LogP contribution in [-0.2, 0) is 0 Å². The molecular weight excluding hydrogens is 218 g/mol. The molecule has 2 nitrogen and oxygen atoms in total. The van der Waals surface area contributed by atoms with Crippen LogP contribution in [0.15, 0.2) is 11.4 Å². The fraction of sp³-hybridized carbons (Fsp3) is 0.692. The topological polar surface area (TPSA) is 35.2 Å². The number of nitrogens with two attached hydrogens (primary N) is 1. The highest BCUT2D eigenvalue weighted by Gasteiger charge is 2.27. The third-order valence-corrected chi connectivity index (χ3v) is 4.75. The molecule has 1 atom stereocenters. The smallest absolute Gasteiger partial charge is 0.134 e. The molecule has 90 valence electrons. The third kappa shape index (κ3) is 2.41. The Morgan fingerprint density at radius 2 is 2.06 bits per heavy atom. The molecular formula is C13H21NOS. The van der Waals surface area contributed by atoms with E-state index >= 15 is 0 Å². The maximum absolute atomic E-state index is 6.37. The van der Waals surface area contributed by atoms with E-state index in [1.54, 1.807) is 18.4 Å². The van der Waals surface area contributed by atoms with Gasteiger partial charge in [0, 0.05) is 6.04 Å². The van der Waals surface area contributed by atoms with Gasteiger partial charge in [0.05, 0.1) is 12.0 Å². The van der Waals surface area contributed by atoms with Gasteiger partial charge in [0.25, 0.3) is 0 Å². The van der Waals surface area contributed by atoms with E-state index in [2.05, 4.69) is 12.3 Å². The van der Waals surface area contributed by atoms with E-state index in [4.69, 9.17) is 10.5 Å². The molecule has 1 aliphatic carbocycles. The van der Waals surface area contributed by atoms with Gasteiger partial charge < -0.3 is 10.5 Å². The molecule has 0 bridgehead atoms. The first-order valence-corrected chi connectivity index (χ1v) is 6.97. The fourth-order valence-corrected chi connectivity index (χ4v) is 3.54. The van der Waals surface area contributed by atoms with Crippen molar-refractivity contribution in [3.63, 3.8) is 0 Å². The molecule has 1 aromatic rings.